The van der Waals surface area contributed by atoms with Crippen LogP contribution >= 0.6 is 0 Å². The molecule has 104 valence electrons. The van der Waals surface area contributed by atoms with Gasteiger partial charge in [0.2, 0.25) is 5.91 Å². The molecular formula is C16H24N2O. The lowest BCUT2D eigenvalue weighted by molar-refractivity contribution is -0.123. The number of benzene rings is 1. The Morgan fingerprint density at radius 2 is 1.89 bits per heavy atom. The largest absolute Gasteiger partial charge is 0.352 e. The Morgan fingerprint density at radius 3 is 2.58 bits per heavy atom. The van der Waals surface area contributed by atoms with E-state index in [1.165, 1.54) is 24.8 Å². The van der Waals surface area contributed by atoms with E-state index in [0.717, 1.165) is 19.3 Å². The van der Waals surface area contributed by atoms with Crippen LogP contribution in [0.15, 0.2) is 30.3 Å². The van der Waals surface area contributed by atoms with E-state index < -0.39 is 0 Å². The highest BCUT2D eigenvalue weighted by atomic mass is 16.2. The van der Waals surface area contributed by atoms with Gasteiger partial charge in [-0.2, -0.15) is 0 Å². The molecule has 1 amide bonds. The molecule has 1 atom stereocenters. The topological polar surface area (TPSA) is 55.1 Å². The Bertz CT molecular complexity index is 385. The van der Waals surface area contributed by atoms with E-state index >= 15 is 0 Å². The molecule has 3 nitrogen and oxygen atoms in total. The first-order chi connectivity index (χ1) is 9.25. The molecule has 3 heteroatoms. The van der Waals surface area contributed by atoms with Gasteiger partial charge in [-0.3, -0.25) is 4.79 Å². The summed E-state index contributed by atoms with van der Waals surface area (Å²) >= 11 is 0. The van der Waals surface area contributed by atoms with Gasteiger partial charge in [-0.05, 0) is 31.2 Å². The summed E-state index contributed by atoms with van der Waals surface area (Å²) in [6.45, 7) is 0. The summed E-state index contributed by atoms with van der Waals surface area (Å²) in [5, 5.41) is 3.09. The zero-order valence-corrected chi connectivity index (χ0v) is 11.5. The molecule has 0 heterocycles. The zero-order chi connectivity index (χ0) is 13.5. The highest BCUT2D eigenvalue weighted by molar-refractivity contribution is 5.81. The lowest BCUT2D eigenvalue weighted by Gasteiger charge is -2.24. The maximum Gasteiger partial charge on any atom is 0.237 e. The van der Waals surface area contributed by atoms with Crippen molar-refractivity contribution in [2.45, 2.75) is 57.0 Å². The predicted molar refractivity (Wildman–Crippen MR) is 77.8 cm³/mol. The fraction of sp³-hybridized carbons (Fsp3) is 0.562. The SMILES string of the molecule is NC(CCc1ccccc1)C(=O)NC1CCCCC1. The Labute approximate surface area is 115 Å². The van der Waals surface area contributed by atoms with Crippen molar-refractivity contribution in [3.8, 4) is 0 Å². The Hall–Kier alpha value is -1.35. The number of carbonyl (C=O) groups is 1. The quantitative estimate of drug-likeness (QED) is 0.854. The van der Waals surface area contributed by atoms with E-state index in [1.54, 1.807) is 0 Å². The van der Waals surface area contributed by atoms with E-state index in [-0.39, 0.29) is 11.9 Å². The molecule has 1 saturated carbocycles. The average Bonchev–Trinajstić information content (AvgIpc) is 2.47. The smallest absolute Gasteiger partial charge is 0.237 e. The van der Waals surface area contributed by atoms with Gasteiger partial charge in [0.05, 0.1) is 6.04 Å². The Morgan fingerprint density at radius 1 is 1.21 bits per heavy atom. The molecule has 0 spiro atoms. The van der Waals surface area contributed by atoms with Crippen molar-refractivity contribution in [2.75, 3.05) is 0 Å². The molecule has 19 heavy (non-hydrogen) atoms. The minimum Gasteiger partial charge on any atom is -0.352 e. The third kappa shape index (κ3) is 4.67. The van der Waals surface area contributed by atoms with Crippen LogP contribution in [0.25, 0.3) is 0 Å². The second-order valence-corrected chi connectivity index (χ2v) is 5.47. The molecule has 2 rings (SSSR count). The van der Waals surface area contributed by atoms with Gasteiger partial charge in [0, 0.05) is 6.04 Å². The molecule has 3 N–H and O–H groups in total. The van der Waals surface area contributed by atoms with E-state index in [9.17, 15) is 4.79 Å². The number of nitrogens with two attached hydrogens (primary N) is 1. The first kappa shape index (κ1) is 14.1. The molecule has 1 aromatic rings. The summed E-state index contributed by atoms with van der Waals surface area (Å²) in [7, 11) is 0. The molecule has 0 radical (unpaired) electrons. The molecule has 1 unspecified atom stereocenters. The molecule has 0 aromatic heterocycles. The van der Waals surface area contributed by atoms with Crippen molar-refractivity contribution < 1.29 is 4.79 Å². The zero-order valence-electron chi connectivity index (χ0n) is 11.5. The molecule has 0 saturated heterocycles. The number of nitrogens with one attached hydrogen (secondary N) is 1. The second kappa shape index (κ2) is 7.29. The summed E-state index contributed by atoms with van der Waals surface area (Å²) in [6.07, 6.45) is 7.54. The number of hydrogen-bond donors (Lipinski definition) is 2. The number of carbonyl (C=O) groups excluding carboxylic acids is 1. The standard InChI is InChI=1S/C16H24N2O/c17-15(12-11-13-7-3-1-4-8-13)16(19)18-14-9-5-2-6-10-14/h1,3-4,7-8,14-15H,2,5-6,9-12,17H2,(H,18,19). The normalized spacial score (nSPS) is 17.9. The van der Waals surface area contributed by atoms with Crippen LogP contribution in [-0.4, -0.2) is 18.0 Å². The summed E-state index contributed by atoms with van der Waals surface area (Å²) in [5.41, 5.74) is 7.21. The molecule has 1 aliphatic carbocycles. The fourth-order valence-corrected chi connectivity index (χ4v) is 2.65. The first-order valence-corrected chi connectivity index (χ1v) is 7.35. The minimum absolute atomic E-state index is 0.0165. The maximum absolute atomic E-state index is 12.0. The monoisotopic (exact) mass is 260 g/mol. The lowest BCUT2D eigenvalue weighted by Crippen LogP contribution is -2.46. The Kier molecular flexibility index (Phi) is 5.40. The van der Waals surface area contributed by atoms with Crippen LogP contribution in [0.1, 0.15) is 44.1 Å². The number of amides is 1. The average molecular weight is 260 g/mol. The maximum atomic E-state index is 12.0. The van der Waals surface area contributed by atoms with Gasteiger partial charge in [-0.15, -0.1) is 0 Å². The molecule has 1 aromatic carbocycles. The van der Waals surface area contributed by atoms with Gasteiger partial charge in [-0.25, -0.2) is 0 Å². The summed E-state index contributed by atoms with van der Waals surface area (Å²) in [5.74, 6) is 0.0165. The van der Waals surface area contributed by atoms with Crippen LogP contribution in [0, 0.1) is 0 Å². The highest BCUT2D eigenvalue weighted by Crippen LogP contribution is 2.17. The van der Waals surface area contributed by atoms with Crippen LogP contribution in [0.4, 0.5) is 0 Å². The van der Waals surface area contributed by atoms with Crippen molar-refractivity contribution in [3.05, 3.63) is 35.9 Å². The van der Waals surface area contributed by atoms with Crippen LogP contribution in [0.2, 0.25) is 0 Å². The molecule has 0 aliphatic heterocycles. The van der Waals surface area contributed by atoms with E-state index in [4.69, 9.17) is 5.73 Å². The van der Waals surface area contributed by atoms with E-state index in [1.807, 2.05) is 18.2 Å². The van der Waals surface area contributed by atoms with Crippen LogP contribution in [0.3, 0.4) is 0 Å². The lowest BCUT2D eigenvalue weighted by atomic mass is 9.95. The van der Waals surface area contributed by atoms with Crippen molar-refractivity contribution >= 4 is 5.91 Å². The van der Waals surface area contributed by atoms with E-state index in [0.29, 0.717) is 12.5 Å². The van der Waals surface area contributed by atoms with Gasteiger partial charge in [0.15, 0.2) is 0 Å². The minimum atomic E-state index is -0.387. The van der Waals surface area contributed by atoms with Crippen LogP contribution < -0.4 is 11.1 Å². The first-order valence-electron chi connectivity index (χ1n) is 7.35. The third-order valence-electron chi connectivity index (χ3n) is 3.88. The van der Waals surface area contributed by atoms with Gasteiger partial charge >= 0.3 is 0 Å². The number of rotatable bonds is 5. The van der Waals surface area contributed by atoms with Crippen LogP contribution in [-0.2, 0) is 11.2 Å². The third-order valence-corrected chi connectivity index (χ3v) is 3.88. The van der Waals surface area contributed by atoms with Crippen LogP contribution in [0.5, 0.6) is 0 Å². The molecule has 1 fully saturated rings. The van der Waals surface area contributed by atoms with Gasteiger partial charge in [-0.1, -0.05) is 49.6 Å². The van der Waals surface area contributed by atoms with Crippen molar-refractivity contribution in [1.29, 1.82) is 0 Å². The molecule has 0 bridgehead atoms. The molecule has 1 aliphatic rings. The highest BCUT2D eigenvalue weighted by Gasteiger charge is 2.19. The van der Waals surface area contributed by atoms with Gasteiger partial charge < -0.3 is 11.1 Å². The number of aryl methyl sites for hydroxylation is 1. The van der Waals surface area contributed by atoms with Crippen molar-refractivity contribution in [3.63, 3.8) is 0 Å². The predicted octanol–water partition coefficient (Wildman–Crippen LogP) is 2.40. The fourth-order valence-electron chi connectivity index (χ4n) is 2.65. The van der Waals surface area contributed by atoms with Crippen molar-refractivity contribution in [1.82, 2.24) is 5.32 Å². The van der Waals surface area contributed by atoms with Gasteiger partial charge in [0.1, 0.15) is 0 Å². The molecular weight excluding hydrogens is 236 g/mol. The summed E-state index contributed by atoms with van der Waals surface area (Å²) in [4.78, 5) is 12.0. The summed E-state index contributed by atoms with van der Waals surface area (Å²) in [6, 6.07) is 10.1. The second-order valence-electron chi connectivity index (χ2n) is 5.47. The van der Waals surface area contributed by atoms with Crippen molar-refractivity contribution in [2.24, 2.45) is 5.73 Å². The summed E-state index contributed by atoms with van der Waals surface area (Å²) < 4.78 is 0. The van der Waals surface area contributed by atoms with E-state index in [2.05, 4.69) is 17.4 Å². The Balaban J connectivity index is 1.72. The van der Waals surface area contributed by atoms with Gasteiger partial charge in [0.25, 0.3) is 0 Å². The number of hydrogen-bond acceptors (Lipinski definition) is 2.